The summed E-state index contributed by atoms with van der Waals surface area (Å²) in [5.41, 5.74) is 8.57. The lowest BCUT2D eigenvalue weighted by molar-refractivity contribution is 1.41. The van der Waals surface area contributed by atoms with E-state index < -0.39 is 0 Å². The molecule has 0 amide bonds. The van der Waals surface area contributed by atoms with Gasteiger partial charge in [-0.15, -0.1) is 22.7 Å². The third kappa shape index (κ3) is 2.09. The van der Waals surface area contributed by atoms with E-state index >= 15 is 0 Å². The van der Waals surface area contributed by atoms with Crippen LogP contribution in [-0.2, 0) is 0 Å². The van der Waals surface area contributed by atoms with Crippen molar-refractivity contribution in [3.63, 3.8) is 0 Å². The molecule has 1 aromatic carbocycles. The normalized spacial score (nSPS) is 10.6. The summed E-state index contributed by atoms with van der Waals surface area (Å²) in [7, 11) is 0. The molecule has 2 nitrogen and oxygen atoms in total. The van der Waals surface area contributed by atoms with E-state index in [9.17, 15) is 0 Å². The summed E-state index contributed by atoms with van der Waals surface area (Å²) in [6.45, 7) is 0. The van der Waals surface area contributed by atoms with Crippen LogP contribution in [0.1, 0.15) is 0 Å². The van der Waals surface area contributed by atoms with Crippen LogP contribution >= 0.6 is 22.7 Å². The predicted molar refractivity (Wildman–Crippen MR) is 75.3 cm³/mol. The van der Waals surface area contributed by atoms with Crippen molar-refractivity contribution in [2.24, 2.45) is 0 Å². The lowest BCUT2D eigenvalue weighted by Crippen LogP contribution is -1.83. The van der Waals surface area contributed by atoms with E-state index in [0.717, 1.165) is 22.0 Å². The van der Waals surface area contributed by atoms with Gasteiger partial charge < -0.3 is 5.73 Å². The minimum atomic E-state index is 0.780. The first-order chi connectivity index (χ1) is 8.33. The van der Waals surface area contributed by atoms with Gasteiger partial charge in [-0.2, -0.15) is 0 Å². The Hall–Kier alpha value is -1.65. The number of hydrogen-bond donors (Lipinski definition) is 1. The summed E-state index contributed by atoms with van der Waals surface area (Å²) < 4.78 is 0. The Morgan fingerprint density at radius 1 is 1.00 bits per heavy atom. The molecule has 2 N–H and O–H groups in total. The Bertz CT molecular complexity index is 609. The highest BCUT2D eigenvalue weighted by Gasteiger charge is 2.06. The van der Waals surface area contributed by atoms with E-state index in [0.29, 0.717) is 0 Å². The predicted octanol–water partition coefficient (Wildman–Crippen LogP) is 4.12. The number of anilines is 1. The van der Waals surface area contributed by atoms with Crippen molar-refractivity contribution >= 4 is 28.4 Å². The van der Waals surface area contributed by atoms with Gasteiger partial charge in [-0.05, 0) is 23.6 Å². The summed E-state index contributed by atoms with van der Waals surface area (Å²) in [4.78, 5) is 5.86. The molecule has 0 bridgehead atoms. The highest BCUT2D eigenvalue weighted by molar-refractivity contribution is 7.20. The first-order valence-electron chi connectivity index (χ1n) is 5.18. The zero-order valence-electron chi connectivity index (χ0n) is 8.96. The fourth-order valence-corrected chi connectivity index (χ4v) is 3.22. The maximum absolute atomic E-state index is 5.67. The van der Waals surface area contributed by atoms with Gasteiger partial charge in [0.05, 0.1) is 10.6 Å². The molecule has 2 heterocycles. The first kappa shape index (κ1) is 10.5. The van der Waals surface area contributed by atoms with Crippen LogP contribution < -0.4 is 5.73 Å². The van der Waals surface area contributed by atoms with Crippen LogP contribution in [-0.4, -0.2) is 4.98 Å². The van der Waals surface area contributed by atoms with Gasteiger partial charge in [0, 0.05) is 16.6 Å². The lowest BCUT2D eigenvalue weighted by atomic mass is 10.1. The summed E-state index contributed by atoms with van der Waals surface area (Å²) >= 11 is 3.39. The number of hydrogen-bond acceptors (Lipinski definition) is 4. The van der Waals surface area contributed by atoms with E-state index in [1.54, 1.807) is 22.7 Å². The maximum atomic E-state index is 5.67. The number of rotatable bonds is 2. The van der Waals surface area contributed by atoms with Gasteiger partial charge in [0.25, 0.3) is 0 Å². The molecule has 17 heavy (non-hydrogen) atoms. The van der Waals surface area contributed by atoms with Crippen LogP contribution in [0, 0.1) is 0 Å². The largest absolute Gasteiger partial charge is 0.399 e. The molecule has 2 aromatic heterocycles. The monoisotopic (exact) mass is 258 g/mol. The van der Waals surface area contributed by atoms with E-state index in [4.69, 9.17) is 5.73 Å². The Balaban J connectivity index is 1.98. The van der Waals surface area contributed by atoms with Crippen LogP contribution in [0.4, 0.5) is 5.69 Å². The molecular weight excluding hydrogens is 248 g/mol. The van der Waals surface area contributed by atoms with Gasteiger partial charge in [0.1, 0.15) is 5.01 Å². The van der Waals surface area contributed by atoms with E-state index in [1.165, 1.54) is 4.88 Å². The van der Waals surface area contributed by atoms with Gasteiger partial charge in [-0.25, -0.2) is 4.98 Å². The topological polar surface area (TPSA) is 38.9 Å². The SMILES string of the molecule is Nc1ccc(-c2csc(-c3cccs3)n2)cc1. The van der Waals surface area contributed by atoms with Gasteiger partial charge >= 0.3 is 0 Å². The van der Waals surface area contributed by atoms with Crippen LogP contribution in [0.5, 0.6) is 0 Å². The molecule has 84 valence electrons. The minimum Gasteiger partial charge on any atom is -0.399 e. The number of thiophene rings is 1. The molecule has 4 heteroatoms. The van der Waals surface area contributed by atoms with E-state index in [2.05, 4.69) is 21.8 Å². The number of aromatic nitrogens is 1. The summed E-state index contributed by atoms with van der Waals surface area (Å²) in [5.74, 6) is 0. The van der Waals surface area contributed by atoms with Crippen LogP contribution in [0.2, 0.25) is 0 Å². The van der Waals surface area contributed by atoms with E-state index in [1.807, 2.05) is 30.3 Å². The molecule has 0 radical (unpaired) electrons. The zero-order chi connectivity index (χ0) is 11.7. The number of thiazole rings is 1. The smallest absolute Gasteiger partial charge is 0.134 e. The van der Waals surface area contributed by atoms with Gasteiger partial charge in [0.15, 0.2) is 0 Å². The molecule has 3 aromatic rings. The number of nitrogens with two attached hydrogens (primary N) is 1. The molecule has 0 aliphatic carbocycles. The molecule has 0 fully saturated rings. The van der Waals surface area contributed by atoms with Crippen LogP contribution in [0.3, 0.4) is 0 Å². The van der Waals surface area contributed by atoms with Crippen LogP contribution in [0.25, 0.3) is 21.1 Å². The first-order valence-corrected chi connectivity index (χ1v) is 6.94. The third-order valence-electron chi connectivity index (χ3n) is 2.44. The quantitative estimate of drug-likeness (QED) is 0.702. The second-order valence-corrected chi connectivity index (χ2v) is 5.44. The molecule has 0 saturated heterocycles. The molecular formula is C13H10N2S2. The standard InChI is InChI=1S/C13H10N2S2/c14-10-5-3-9(4-6-10)11-8-17-13(15-11)12-2-1-7-16-12/h1-8H,14H2. The second-order valence-electron chi connectivity index (χ2n) is 3.64. The highest BCUT2D eigenvalue weighted by atomic mass is 32.1. The molecule has 0 spiro atoms. The van der Waals surface area contributed by atoms with E-state index in [-0.39, 0.29) is 0 Å². The number of nitrogens with zero attached hydrogens (tertiary/aromatic N) is 1. The van der Waals surface area contributed by atoms with Crippen molar-refractivity contribution in [3.8, 4) is 21.1 Å². The number of benzene rings is 1. The van der Waals surface area contributed by atoms with Crippen molar-refractivity contribution in [1.82, 2.24) is 4.98 Å². The Kier molecular flexibility index (Phi) is 2.66. The second kappa shape index (κ2) is 4.31. The van der Waals surface area contributed by atoms with Crippen LogP contribution in [0.15, 0.2) is 47.2 Å². The molecule has 3 rings (SSSR count). The average molecular weight is 258 g/mol. The van der Waals surface area contributed by atoms with Crippen molar-refractivity contribution in [1.29, 1.82) is 0 Å². The molecule has 0 atom stereocenters. The van der Waals surface area contributed by atoms with Crippen molar-refractivity contribution in [2.75, 3.05) is 5.73 Å². The van der Waals surface area contributed by atoms with Crippen molar-refractivity contribution in [3.05, 3.63) is 47.2 Å². The molecule has 0 aliphatic heterocycles. The van der Waals surface area contributed by atoms with Gasteiger partial charge in [-0.3, -0.25) is 0 Å². The Morgan fingerprint density at radius 2 is 1.82 bits per heavy atom. The minimum absolute atomic E-state index is 0.780. The summed E-state index contributed by atoms with van der Waals surface area (Å²) in [5, 5.41) is 5.23. The number of nitrogen functional groups attached to an aromatic ring is 1. The summed E-state index contributed by atoms with van der Waals surface area (Å²) in [6, 6.07) is 11.9. The fraction of sp³-hybridized carbons (Fsp3) is 0. The van der Waals surface area contributed by atoms with Gasteiger partial charge in [-0.1, -0.05) is 18.2 Å². The van der Waals surface area contributed by atoms with Gasteiger partial charge in [0.2, 0.25) is 0 Å². The molecule has 0 aliphatic rings. The summed E-state index contributed by atoms with van der Waals surface area (Å²) in [6.07, 6.45) is 0. The highest BCUT2D eigenvalue weighted by Crippen LogP contribution is 2.31. The molecule has 0 saturated carbocycles. The van der Waals surface area contributed by atoms with Crippen molar-refractivity contribution in [2.45, 2.75) is 0 Å². The average Bonchev–Trinajstić information content (AvgIpc) is 3.00. The maximum Gasteiger partial charge on any atom is 0.134 e. The Morgan fingerprint density at radius 3 is 2.53 bits per heavy atom. The fourth-order valence-electron chi connectivity index (χ4n) is 1.57. The van der Waals surface area contributed by atoms with Crippen molar-refractivity contribution < 1.29 is 0 Å². The zero-order valence-corrected chi connectivity index (χ0v) is 10.6. The Labute approximate surface area is 107 Å². The third-order valence-corrected chi connectivity index (χ3v) is 4.32. The lowest BCUT2D eigenvalue weighted by Gasteiger charge is -1.96. The molecule has 0 unspecified atom stereocenters.